The Morgan fingerprint density at radius 1 is 1.06 bits per heavy atom. The Morgan fingerprint density at radius 3 is 2.39 bits per heavy atom. The third kappa shape index (κ3) is 3.72. The highest BCUT2D eigenvalue weighted by molar-refractivity contribution is 9.10. The molecule has 0 amide bonds. The van der Waals surface area contributed by atoms with Crippen molar-refractivity contribution in [3.63, 3.8) is 0 Å². The number of hydrogen-bond acceptors (Lipinski definition) is 2. The maximum atomic E-state index is 5.73. The van der Waals surface area contributed by atoms with E-state index in [0.717, 1.165) is 17.4 Å². The van der Waals surface area contributed by atoms with Gasteiger partial charge in [0.2, 0.25) is 0 Å². The van der Waals surface area contributed by atoms with Crippen molar-refractivity contribution in [2.45, 2.75) is 38.5 Å². The Hall–Kier alpha value is -0.540. The second-order valence-electron chi connectivity index (χ2n) is 5.07. The molecule has 1 fully saturated rings. The van der Waals surface area contributed by atoms with E-state index in [-0.39, 0.29) is 0 Å². The Bertz CT molecular complexity index is 371. The summed E-state index contributed by atoms with van der Waals surface area (Å²) in [6.45, 7) is 3.11. The molecule has 1 aromatic carbocycles. The summed E-state index contributed by atoms with van der Waals surface area (Å²) in [6, 6.07) is 6.62. The first-order valence-electron chi connectivity index (χ1n) is 7.04. The van der Waals surface area contributed by atoms with E-state index in [1.165, 1.54) is 56.4 Å². The van der Waals surface area contributed by atoms with E-state index in [1.54, 1.807) is 0 Å². The predicted octanol–water partition coefficient (Wildman–Crippen LogP) is 3.72. The lowest BCUT2D eigenvalue weighted by Crippen LogP contribution is -2.28. The summed E-state index contributed by atoms with van der Waals surface area (Å²) in [5.41, 5.74) is 8.51. The van der Waals surface area contributed by atoms with Crippen molar-refractivity contribution in [3.05, 3.63) is 28.2 Å². The lowest BCUT2D eigenvalue weighted by Gasteiger charge is -2.29. The third-order valence-corrected chi connectivity index (χ3v) is 4.15. The van der Waals surface area contributed by atoms with Crippen LogP contribution in [0.15, 0.2) is 22.7 Å². The number of nitrogens with zero attached hydrogens (tertiary/aromatic N) is 1. The SMILES string of the molecule is NCCc1cc(Br)ccc1N1CCCCCCC1. The molecule has 2 rings (SSSR count). The molecule has 1 heterocycles. The number of halogens is 1. The summed E-state index contributed by atoms with van der Waals surface area (Å²) in [7, 11) is 0. The molecule has 0 saturated carbocycles. The van der Waals surface area contributed by atoms with Crippen LogP contribution in [0.3, 0.4) is 0 Å². The van der Waals surface area contributed by atoms with Crippen LogP contribution in [-0.2, 0) is 6.42 Å². The highest BCUT2D eigenvalue weighted by atomic mass is 79.9. The molecule has 2 nitrogen and oxygen atoms in total. The zero-order chi connectivity index (χ0) is 12.8. The smallest absolute Gasteiger partial charge is 0.0400 e. The molecular formula is C15H23BrN2. The Balaban J connectivity index is 2.18. The molecule has 1 aliphatic heterocycles. The minimum absolute atomic E-state index is 0.720. The van der Waals surface area contributed by atoms with E-state index in [0.29, 0.717) is 0 Å². The van der Waals surface area contributed by atoms with E-state index in [4.69, 9.17) is 5.73 Å². The summed E-state index contributed by atoms with van der Waals surface area (Å²) in [5.74, 6) is 0. The van der Waals surface area contributed by atoms with Crippen LogP contribution in [-0.4, -0.2) is 19.6 Å². The number of benzene rings is 1. The quantitative estimate of drug-likeness (QED) is 0.922. The number of hydrogen-bond donors (Lipinski definition) is 1. The van der Waals surface area contributed by atoms with Crippen molar-refractivity contribution in [1.29, 1.82) is 0 Å². The van der Waals surface area contributed by atoms with Crippen molar-refractivity contribution in [2.24, 2.45) is 5.73 Å². The maximum Gasteiger partial charge on any atom is 0.0400 e. The summed E-state index contributed by atoms with van der Waals surface area (Å²) < 4.78 is 1.15. The standard InChI is InChI=1S/C15H23BrN2/c16-14-6-7-15(13(12-14)8-9-17)18-10-4-2-1-3-5-11-18/h6-7,12H,1-5,8-11,17H2. The topological polar surface area (TPSA) is 29.3 Å². The highest BCUT2D eigenvalue weighted by Crippen LogP contribution is 2.27. The van der Waals surface area contributed by atoms with E-state index < -0.39 is 0 Å². The molecule has 1 saturated heterocycles. The first kappa shape index (κ1) is 13.9. The van der Waals surface area contributed by atoms with Gasteiger partial charge in [-0.1, -0.05) is 35.2 Å². The van der Waals surface area contributed by atoms with E-state index in [1.807, 2.05) is 0 Å². The largest absolute Gasteiger partial charge is 0.371 e. The molecule has 0 atom stereocenters. The highest BCUT2D eigenvalue weighted by Gasteiger charge is 2.12. The molecule has 1 aromatic rings. The van der Waals surface area contributed by atoms with Crippen LogP contribution in [0, 0.1) is 0 Å². The van der Waals surface area contributed by atoms with Gasteiger partial charge in [0.25, 0.3) is 0 Å². The third-order valence-electron chi connectivity index (χ3n) is 3.65. The molecule has 0 spiro atoms. The molecular weight excluding hydrogens is 288 g/mol. The zero-order valence-electron chi connectivity index (χ0n) is 11.0. The van der Waals surface area contributed by atoms with Gasteiger partial charge in [-0.3, -0.25) is 0 Å². The van der Waals surface area contributed by atoms with Crippen LogP contribution in [0.5, 0.6) is 0 Å². The van der Waals surface area contributed by atoms with Gasteiger partial charge in [0.15, 0.2) is 0 Å². The van der Waals surface area contributed by atoms with Crippen molar-refractivity contribution >= 4 is 21.6 Å². The van der Waals surface area contributed by atoms with Crippen LogP contribution in [0.1, 0.15) is 37.7 Å². The van der Waals surface area contributed by atoms with Gasteiger partial charge in [-0.05, 0) is 49.6 Å². The zero-order valence-corrected chi connectivity index (χ0v) is 12.6. The first-order valence-corrected chi connectivity index (χ1v) is 7.84. The van der Waals surface area contributed by atoms with Gasteiger partial charge >= 0.3 is 0 Å². The Labute approximate surface area is 119 Å². The minimum Gasteiger partial charge on any atom is -0.371 e. The predicted molar refractivity (Wildman–Crippen MR) is 82.2 cm³/mol. The van der Waals surface area contributed by atoms with E-state index in [2.05, 4.69) is 39.0 Å². The van der Waals surface area contributed by atoms with E-state index >= 15 is 0 Å². The van der Waals surface area contributed by atoms with Gasteiger partial charge in [0.1, 0.15) is 0 Å². The summed E-state index contributed by atoms with van der Waals surface area (Å²) >= 11 is 3.56. The molecule has 100 valence electrons. The lowest BCUT2D eigenvalue weighted by molar-refractivity contribution is 0.555. The molecule has 18 heavy (non-hydrogen) atoms. The maximum absolute atomic E-state index is 5.73. The van der Waals surface area contributed by atoms with Crippen molar-refractivity contribution in [1.82, 2.24) is 0 Å². The monoisotopic (exact) mass is 310 g/mol. The van der Waals surface area contributed by atoms with Crippen molar-refractivity contribution in [2.75, 3.05) is 24.5 Å². The number of anilines is 1. The van der Waals surface area contributed by atoms with Gasteiger partial charge in [0.05, 0.1) is 0 Å². The molecule has 2 N–H and O–H groups in total. The van der Waals surface area contributed by atoms with Crippen LogP contribution >= 0.6 is 15.9 Å². The number of rotatable bonds is 3. The molecule has 0 radical (unpaired) electrons. The summed E-state index contributed by atoms with van der Waals surface area (Å²) in [4.78, 5) is 2.55. The average molecular weight is 311 g/mol. The second-order valence-corrected chi connectivity index (χ2v) is 5.98. The molecule has 0 aromatic heterocycles. The molecule has 1 aliphatic rings. The molecule has 3 heteroatoms. The van der Waals surface area contributed by atoms with Gasteiger partial charge in [0, 0.05) is 23.2 Å². The van der Waals surface area contributed by atoms with Crippen molar-refractivity contribution in [3.8, 4) is 0 Å². The molecule has 0 bridgehead atoms. The van der Waals surface area contributed by atoms with Gasteiger partial charge < -0.3 is 10.6 Å². The Kier molecular flexibility index (Phi) is 5.51. The van der Waals surface area contributed by atoms with Crippen LogP contribution in [0.2, 0.25) is 0 Å². The second kappa shape index (κ2) is 7.15. The summed E-state index contributed by atoms with van der Waals surface area (Å²) in [5, 5.41) is 0. The van der Waals surface area contributed by atoms with Crippen molar-refractivity contribution < 1.29 is 0 Å². The van der Waals surface area contributed by atoms with Gasteiger partial charge in [-0.2, -0.15) is 0 Å². The first-order chi connectivity index (χ1) is 8.81. The fourth-order valence-corrected chi connectivity index (χ4v) is 3.12. The normalized spacial score (nSPS) is 17.3. The van der Waals surface area contributed by atoms with Gasteiger partial charge in [-0.25, -0.2) is 0 Å². The van der Waals surface area contributed by atoms with Crippen LogP contribution < -0.4 is 10.6 Å². The molecule has 0 aliphatic carbocycles. The fourth-order valence-electron chi connectivity index (χ4n) is 2.71. The molecule has 0 unspecified atom stereocenters. The Morgan fingerprint density at radius 2 is 1.72 bits per heavy atom. The average Bonchev–Trinajstić information content (AvgIpc) is 2.30. The lowest BCUT2D eigenvalue weighted by atomic mass is 10.0. The number of nitrogens with two attached hydrogens (primary N) is 1. The van der Waals surface area contributed by atoms with Crippen LogP contribution in [0.4, 0.5) is 5.69 Å². The minimum atomic E-state index is 0.720. The van der Waals surface area contributed by atoms with Gasteiger partial charge in [-0.15, -0.1) is 0 Å². The van der Waals surface area contributed by atoms with E-state index in [9.17, 15) is 0 Å². The summed E-state index contributed by atoms with van der Waals surface area (Å²) in [6.07, 6.45) is 7.75. The van der Waals surface area contributed by atoms with Crippen LogP contribution in [0.25, 0.3) is 0 Å². The fraction of sp³-hybridized carbons (Fsp3) is 0.600.